The third-order valence-corrected chi connectivity index (χ3v) is 5.70. The summed E-state index contributed by atoms with van der Waals surface area (Å²) in [5.41, 5.74) is 2.26. The molecule has 0 saturated carbocycles. The Labute approximate surface area is 174 Å². The van der Waals surface area contributed by atoms with E-state index in [9.17, 15) is 9.59 Å². The van der Waals surface area contributed by atoms with Gasteiger partial charge in [-0.25, -0.2) is 0 Å². The zero-order chi connectivity index (χ0) is 20.5. The molecule has 7 heteroatoms. The first-order valence-corrected chi connectivity index (χ1v) is 10.1. The molecule has 0 unspecified atom stereocenters. The van der Waals surface area contributed by atoms with Gasteiger partial charge in [0.2, 0.25) is 12.7 Å². The van der Waals surface area contributed by atoms with Gasteiger partial charge >= 0.3 is 0 Å². The van der Waals surface area contributed by atoms with E-state index in [0.717, 1.165) is 11.3 Å². The van der Waals surface area contributed by atoms with Crippen molar-refractivity contribution in [1.82, 2.24) is 4.90 Å². The average Bonchev–Trinajstić information content (AvgIpc) is 3.26. The second-order valence-electron chi connectivity index (χ2n) is 7.62. The number of fused-ring (bicyclic) bond motifs is 2. The van der Waals surface area contributed by atoms with Gasteiger partial charge in [0.25, 0.3) is 5.91 Å². The fraction of sp³-hybridized carbons (Fsp3) is 0.304. The lowest BCUT2D eigenvalue weighted by Crippen LogP contribution is -2.42. The SMILES string of the molecule is O=C(Nc1ccc2c(c1)OCO2)C1CCN(C(=O)C2=Cc3ccccc3OC2)CC1. The van der Waals surface area contributed by atoms with Crippen LogP contribution in [0.2, 0.25) is 0 Å². The van der Waals surface area contributed by atoms with Crippen molar-refractivity contribution >= 4 is 23.6 Å². The number of anilines is 1. The van der Waals surface area contributed by atoms with E-state index in [2.05, 4.69) is 5.32 Å². The van der Waals surface area contributed by atoms with E-state index in [-0.39, 0.29) is 31.1 Å². The van der Waals surface area contributed by atoms with Gasteiger partial charge in [0.1, 0.15) is 12.4 Å². The Morgan fingerprint density at radius 2 is 1.73 bits per heavy atom. The minimum atomic E-state index is -0.128. The van der Waals surface area contributed by atoms with Crippen LogP contribution in [-0.4, -0.2) is 43.2 Å². The molecule has 0 spiro atoms. The summed E-state index contributed by atoms with van der Waals surface area (Å²) in [6.45, 7) is 1.58. The second-order valence-corrected chi connectivity index (χ2v) is 7.62. The van der Waals surface area contributed by atoms with Gasteiger partial charge in [-0.3, -0.25) is 9.59 Å². The Balaban J connectivity index is 1.18. The summed E-state index contributed by atoms with van der Waals surface area (Å²) in [6, 6.07) is 13.0. The molecule has 7 nitrogen and oxygen atoms in total. The molecule has 1 saturated heterocycles. The highest BCUT2D eigenvalue weighted by molar-refractivity contribution is 5.99. The number of hydrogen-bond donors (Lipinski definition) is 1. The number of ether oxygens (including phenoxy) is 3. The van der Waals surface area contributed by atoms with Crippen molar-refractivity contribution in [1.29, 1.82) is 0 Å². The molecule has 0 aromatic heterocycles. The largest absolute Gasteiger partial charge is 0.488 e. The lowest BCUT2D eigenvalue weighted by atomic mass is 9.95. The zero-order valence-corrected chi connectivity index (χ0v) is 16.4. The fourth-order valence-electron chi connectivity index (χ4n) is 4.01. The smallest absolute Gasteiger partial charge is 0.253 e. The molecule has 1 N–H and O–H groups in total. The normalized spacial score (nSPS) is 17.6. The number of benzene rings is 2. The third kappa shape index (κ3) is 3.58. The molecule has 3 heterocycles. The summed E-state index contributed by atoms with van der Waals surface area (Å²) in [5.74, 6) is 1.94. The van der Waals surface area contributed by atoms with Crippen LogP contribution in [0.25, 0.3) is 6.08 Å². The number of amides is 2. The standard InChI is InChI=1S/C23H22N2O5/c26-22(24-18-5-6-20-21(12-18)30-14-29-20)15-7-9-25(10-8-15)23(27)17-11-16-3-1-2-4-19(16)28-13-17/h1-6,11-12,15H,7-10,13-14H2,(H,24,26). The number of rotatable bonds is 3. The van der Waals surface area contributed by atoms with Crippen molar-refractivity contribution in [2.75, 3.05) is 31.8 Å². The van der Waals surface area contributed by atoms with Gasteiger partial charge in [0, 0.05) is 36.3 Å². The van der Waals surface area contributed by atoms with Crippen LogP contribution in [0.4, 0.5) is 5.69 Å². The number of para-hydroxylation sites is 1. The van der Waals surface area contributed by atoms with Gasteiger partial charge in [0.05, 0.1) is 5.57 Å². The van der Waals surface area contributed by atoms with Crippen LogP contribution in [0.15, 0.2) is 48.0 Å². The van der Waals surface area contributed by atoms with Gasteiger partial charge < -0.3 is 24.4 Å². The molecule has 2 aromatic carbocycles. The molecule has 0 atom stereocenters. The van der Waals surface area contributed by atoms with Crippen LogP contribution in [0.3, 0.4) is 0 Å². The molecule has 2 aromatic rings. The van der Waals surface area contributed by atoms with E-state index >= 15 is 0 Å². The van der Waals surface area contributed by atoms with E-state index in [1.807, 2.05) is 35.2 Å². The summed E-state index contributed by atoms with van der Waals surface area (Å²) in [5, 5.41) is 2.95. The topological polar surface area (TPSA) is 77.1 Å². The average molecular weight is 406 g/mol. The number of piperidine rings is 1. The minimum absolute atomic E-state index is 0.0147. The Kier molecular flexibility index (Phi) is 4.78. The molecular weight excluding hydrogens is 384 g/mol. The Morgan fingerprint density at radius 3 is 2.60 bits per heavy atom. The molecule has 0 bridgehead atoms. The lowest BCUT2D eigenvalue weighted by Gasteiger charge is -2.32. The van der Waals surface area contributed by atoms with E-state index < -0.39 is 0 Å². The monoisotopic (exact) mass is 406 g/mol. The fourth-order valence-corrected chi connectivity index (χ4v) is 4.01. The van der Waals surface area contributed by atoms with Crippen LogP contribution in [0, 0.1) is 5.92 Å². The van der Waals surface area contributed by atoms with Gasteiger partial charge in [-0.15, -0.1) is 0 Å². The number of carbonyl (C=O) groups excluding carboxylic acids is 2. The predicted octanol–water partition coefficient (Wildman–Crippen LogP) is 3.07. The van der Waals surface area contributed by atoms with Crippen molar-refractivity contribution in [3.8, 4) is 17.2 Å². The van der Waals surface area contributed by atoms with Crippen molar-refractivity contribution < 1.29 is 23.8 Å². The molecule has 5 rings (SSSR count). The maximum Gasteiger partial charge on any atom is 0.253 e. The van der Waals surface area contributed by atoms with E-state index in [1.54, 1.807) is 18.2 Å². The first kappa shape index (κ1) is 18.5. The molecule has 3 aliphatic heterocycles. The van der Waals surface area contributed by atoms with Gasteiger partial charge in [-0.05, 0) is 37.1 Å². The first-order valence-electron chi connectivity index (χ1n) is 10.1. The Hall–Kier alpha value is -3.48. The zero-order valence-electron chi connectivity index (χ0n) is 16.4. The van der Waals surface area contributed by atoms with Gasteiger partial charge in [-0.1, -0.05) is 18.2 Å². The van der Waals surface area contributed by atoms with Crippen LogP contribution in [-0.2, 0) is 9.59 Å². The second kappa shape index (κ2) is 7.74. The molecule has 2 amide bonds. The van der Waals surface area contributed by atoms with Crippen molar-refractivity contribution in [2.24, 2.45) is 5.92 Å². The van der Waals surface area contributed by atoms with Crippen molar-refractivity contribution in [3.05, 3.63) is 53.6 Å². The summed E-state index contributed by atoms with van der Waals surface area (Å²) in [7, 11) is 0. The highest BCUT2D eigenvalue weighted by Gasteiger charge is 2.30. The van der Waals surface area contributed by atoms with E-state index in [4.69, 9.17) is 14.2 Å². The first-order chi connectivity index (χ1) is 14.7. The quantitative estimate of drug-likeness (QED) is 0.848. The molecule has 0 aliphatic carbocycles. The maximum absolute atomic E-state index is 12.9. The summed E-state index contributed by atoms with van der Waals surface area (Å²) >= 11 is 0. The third-order valence-electron chi connectivity index (χ3n) is 5.70. The highest BCUT2D eigenvalue weighted by Crippen LogP contribution is 2.34. The summed E-state index contributed by atoms with van der Waals surface area (Å²) in [6.07, 6.45) is 3.17. The highest BCUT2D eigenvalue weighted by atomic mass is 16.7. The van der Waals surface area contributed by atoms with Crippen LogP contribution in [0.5, 0.6) is 17.2 Å². The minimum Gasteiger partial charge on any atom is -0.488 e. The Morgan fingerprint density at radius 1 is 0.933 bits per heavy atom. The number of hydrogen-bond acceptors (Lipinski definition) is 5. The molecule has 1 fully saturated rings. The van der Waals surface area contributed by atoms with E-state index in [0.29, 0.717) is 48.7 Å². The van der Waals surface area contributed by atoms with E-state index in [1.165, 1.54) is 0 Å². The van der Waals surface area contributed by atoms with Gasteiger partial charge in [-0.2, -0.15) is 0 Å². The summed E-state index contributed by atoms with van der Waals surface area (Å²) < 4.78 is 16.4. The van der Waals surface area contributed by atoms with Gasteiger partial charge in [0.15, 0.2) is 11.5 Å². The summed E-state index contributed by atoms with van der Waals surface area (Å²) in [4.78, 5) is 27.4. The number of nitrogens with one attached hydrogen (secondary N) is 1. The van der Waals surface area contributed by atoms with Crippen molar-refractivity contribution in [2.45, 2.75) is 12.8 Å². The molecule has 0 radical (unpaired) electrons. The number of nitrogens with zero attached hydrogens (tertiary/aromatic N) is 1. The molecule has 154 valence electrons. The number of carbonyl (C=O) groups is 2. The maximum atomic E-state index is 12.9. The van der Waals surface area contributed by atoms with Crippen molar-refractivity contribution in [3.63, 3.8) is 0 Å². The molecule has 3 aliphatic rings. The van der Waals surface area contributed by atoms with Crippen LogP contribution >= 0.6 is 0 Å². The molecular formula is C23H22N2O5. The van der Waals surface area contributed by atoms with Crippen LogP contribution < -0.4 is 19.5 Å². The number of likely N-dealkylation sites (tertiary alicyclic amines) is 1. The lowest BCUT2D eigenvalue weighted by molar-refractivity contribution is -0.131. The molecule has 30 heavy (non-hydrogen) atoms. The predicted molar refractivity (Wildman–Crippen MR) is 110 cm³/mol. The Bertz CT molecular complexity index is 1020. The van der Waals surface area contributed by atoms with Crippen LogP contribution in [0.1, 0.15) is 18.4 Å².